The van der Waals surface area contributed by atoms with Crippen molar-refractivity contribution < 1.29 is 19.0 Å². The molecule has 5 nitrogen and oxygen atoms in total. The lowest BCUT2D eigenvalue weighted by Gasteiger charge is -2.07. The zero-order valence-corrected chi connectivity index (χ0v) is 12.1. The predicted molar refractivity (Wildman–Crippen MR) is 82.7 cm³/mol. The molecule has 0 spiro atoms. The Balaban J connectivity index is 2.17. The van der Waals surface area contributed by atoms with E-state index in [1.807, 2.05) is 0 Å². The number of rotatable bonds is 3. The van der Waals surface area contributed by atoms with Gasteiger partial charge >= 0.3 is 5.63 Å². The first-order valence-electron chi connectivity index (χ1n) is 6.61. The molecule has 5 heteroatoms. The fraction of sp³-hybridized carbons (Fsp3) is 0.118. The van der Waals surface area contributed by atoms with Gasteiger partial charge in [-0.1, -0.05) is 12.1 Å². The Labute approximate surface area is 126 Å². The Hall–Kier alpha value is -2.95. The minimum atomic E-state index is -0.453. The van der Waals surface area contributed by atoms with Crippen molar-refractivity contribution >= 4 is 11.0 Å². The normalized spacial score (nSPS) is 10.6. The monoisotopic (exact) mass is 298 g/mol. The number of methoxy groups -OCH3 is 2. The Morgan fingerprint density at radius 2 is 1.73 bits per heavy atom. The average molecular weight is 298 g/mol. The van der Waals surface area contributed by atoms with Crippen molar-refractivity contribution in [1.82, 2.24) is 0 Å². The maximum atomic E-state index is 12.2. The molecule has 1 N–H and O–H groups in total. The van der Waals surface area contributed by atoms with Crippen LogP contribution in [0.1, 0.15) is 0 Å². The van der Waals surface area contributed by atoms with Gasteiger partial charge in [-0.15, -0.1) is 0 Å². The van der Waals surface area contributed by atoms with Crippen LogP contribution in [0.2, 0.25) is 0 Å². The van der Waals surface area contributed by atoms with Crippen molar-refractivity contribution in [1.29, 1.82) is 0 Å². The molecule has 0 aliphatic heterocycles. The highest BCUT2D eigenvalue weighted by molar-refractivity contribution is 5.84. The number of ether oxygens (including phenoxy) is 2. The molecule has 0 atom stereocenters. The molecule has 0 amide bonds. The van der Waals surface area contributed by atoms with Crippen molar-refractivity contribution in [3.8, 4) is 28.4 Å². The summed E-state index contributed by atoms with van der Waals surface area (Å²) < 4.78 is 15.4. The molecular formula is C17H14O5. The minimum Gasteiger partial charge on any atom is -0.504 e. The van der Waals surface area contributed by atoms with Gasteiger partial charge in [0.25, 0.3) is 0 Å². The molecular weight excluding hydrogens is 284 g/mol. The average Bonchev–Trinajstić information content (AvgIpc) is 2.54. The third kappa shape index (κ3) is 2.37. The van der Waals surface area contributed by atoms with E-state index in [4.69, 9.17) is 13.9 Å². The van der Waals surface area contributed by atoms with Crippen LogP contribution in [0, 0.1) is 0 Å². The lowest BCUT2D eigenvalue weighted by molar-refractivity contribution is 0.373. The number of benzene rings is 2. The second-order valence-electron chi connectivity index (χ2n) is 4.74. The molecule has 0 aliphatic carbocycles. The number of hydrogen-bond acceptors (Lipinski definition) is 5. The van der Waals surface area contributed by atoms with Crippen LogP contribution in [0.5, 0.6) is 17.2 Å². The minimum absolute atomic E-state index is 0.00969. The van der Waals surface area contributed by atoms with Gasteiger partial charge in [0.1, 0.15) is 11.3 Å². The summed E-state index contributed by atoms with van der Waals surface area (Å²) in [6.07, 6.45) is 0. The largest absolute Gasteiger partial charge is 0.504 e. The van der Waals surface area contributed by atoms with Crippen LogP contribution in [0.4, 0.5) is 0 Å². The predicted octanol–water partition coefficient (Wildman–Crippen LogP) is 3.18. The molecule has 2 aromatic carbocycles. The standard InChI is InChI=1S/C17H14O5/c1-20-12-5-3-10(4-6-12)13-7-11-8-14(18)16(21-2)9-15(11)22-17(13)19/h3-9,18H,1-2H3. The fourth-order valence-corrected chi connectivity index (χ4v) is 2.27. The van der Waals surface area contributed by atoms with Crippen molar-refractivity contribution in [2.45, 2.75) is 0 Å². The van der Waals surface area contributed by atoms with Crippen LogP contribution in [-0.2, 0) is 0 Å². The van der Waals surface area contributed by atoms with Crippen molar-refractivity contribution in [3.05, 3.63) is 52.9 Å². The number of phenols is 1. The topological polar surface area (TPSA) is 68.9 Å². The van der Waals surface area contributed by atoms with E-state index in [1.165, 1.54) is 19.2 Å². The third-order valence-electron chi connectivity index (χ3n) is 3.43. The van der Waals surface area contributed by atoms with E-state index in [1.54, 1.807) is 37.4 Å². The molecule has 3 rings (SSSR count). The first kappa shape index (κ1) is 14.0. The Morgan fingerprint density at radius 1 is 1.00 bits per heavy atom. The van der Waals surface area contributed by atoms with Gasteiger partial charge in [-0.3, -0.25) is 0 Å². The molecule has 0 unspecified atom stereocenters. The molecule has 1 heterocycles. The van der Waals surface area contributed by atoms with Crippen molar-refractivity contribution in [2.24, 2.45) is 0 Å². The SMILES string of the molecule is COc1ccc(-c2cc3cc(O)c(OC)cc3oc2=O)cc1. The van der Waals surface area contributed by atoms with Gasteiger partial charge in [0.15, 0.2) is 11.5 Å². The second-order valence-corrected chi connectivity index (χ2v) is 4.74. The van der Waals surface area contributed by atoms with Crippen LogP contribution < -0.4 is 15.1 Å². The van der Waals surface area contributed by atoms with Gasteiger partial charge < -0.3 is 19.0 Å². The summed E-state index contributed by atoms with van der Waals surface area (Å²) in [6, 6.07) is 11.8. The van der Waals surface area contributed by atoms with Crippen LogP contribution in [0.15, 0.2) is 51.7 Å². The van der Waals surface area contributed by atoms with E-state index >= 15 is 0 Å². The molecule has 0 saturated carbocycles. The smallest absolute Gasteiger partial charge is 0.344 e. The van der Waals surface area contributed by atoms with Gasteiger partial charge in [0, 0.05) is 11.5 Å². The number of fused-ring (bicyclic) bond motifs is 1. The maximum Gasteiger partial charge on any atom is 0.344 e. The highest BCUT2D eigenvalue weighted by Gasteiger charge is 2.11. The summed E-state index contributed by atoms with van der Waals surface area (Å²) in [5.74, 6) is 0.952. The molecule has 0 saturated heterocycles. The number of phenolic OH excluding ortho intramolecular Hbond substituents is 1. The fourth-order valence-electron chi connectivity index (χ4n) is 2.27. The van der Waals surface area contributed by atoms with Crippen LogP contribution >= 0.6 is 0 Å². The van der Waals surface area contributed by atoms with Gasteiger partial charge in [-0.2, -0.15) is 0 Å². The van der Waals surface area contributed by atoms with E-state index in [9.17, 15) is 9.90 Å². The number of hydrogen-bond donors (Lipinski definition) is 1. The summed E-state index contributed by atoms with van der Waals surface area (Å²) in [6.45, 7) is 0. The Morgan fingerprint density at radius 3 is 2.36 bits per heavy atom. The summed E-state index contributed by atoms with van der Waals surface area (Å²) >= 11 is 0. The van der Waals surface area contributed by atoms with E-state index in [-0.39, 0.29) is 11.5 Å². The summed E-state index contributed by atoms with van der Waals surface area (Å²) in [4.78, 5) is 12.2. The van der Waals surface area contributed by atoms with E-state index < -0.39 is 5.63 Å². The molecule has 0 radical (unpaired) electrons. The molecule has 0 fully saturated rings. The van der Waals surface area contributed by atoms with Crippen LogP contribution in [0.25, 0.3) is 22.1 Å². The lowest BCUT2D eigenvalue weighted by Crippen LogP contribution is -2.02. The zero-order chi connectivity index (χ0) is 15.7. The van der Waals surface area contributed by atoms with Crippen LogP contribution in [-0.4, -0.2) is 19.3 Å². The zero-order valence-electron chi connectivity index (χ0n) is 12.1. The van der Waals surface area contributed by atoms with Crippen LogP contribution in [0.3, 0.4) is 0 Å². The van der Waals surface area contributed by atoms with E-state index in [0.29, 0.717) is 27.8 Å². The summed E-state index contributed by atoms with van der Waals surface area (Å²) in [5.41, 5.74) is 1.04. The maximum absolute atomic E-state index is 12.2. The molecule has 112 valence electrons. The summed E-state index contributed by atoms with van der Waals surface area (Å²) in [5, 5.41) is 10.5. The van der Waals surface area contributed by atoms with E-state index in [0.717, 1.165) is 0 Å². The summed E-state index contributed by atoms with van der Waals surface area (Å²) in [7, 11) is 3.01. The first-order chi connectivity index (χ1) is 10.6. The molecule has 3 aromatic rings. The first-order valence-corrected chi connectivity index (χ1v) is 6.61. The second kappa shape index (κ2) is 5.44. The van der Waals surface area contributed by atoms with Gasteiger partial charge in [0.05, 0.1) is 19.8 Å². The van der Waals surface area contributed by atoms with Gasteiger partial charge in [0.2, 0.25) is 0 Å². The van der Waals surface area contributed by atoms with Crippen molar-refractivity contribution in [3.63, 3.8) is 0 Å². The Bertz CT molecular complexity index is 878. The molecule has 1 aromatic heterocycles. The van der Waals surface area contributed by atoms with E-state index in [2.05, 4.69) is 0 Å². The van der Waals surface area contributed by atoms with Crippen molar-refractivity contribution in [2.75, 3.05) is 14.2 Å². The third-order valence-corrected chi connectivity index (χ3v) is 3.43. The lowest BCUT2D eigenvalue weighted by atomic mass is 10.1. The van der Waals surface area contributed by atoms with Gasteiger partial charge in [-0.25, -0.2) is 4.79 Å². The molecule has 22 heavy (non-hydrogen) atoms. The van der Waals surface area contributed by atoms with Gasteiger partial charge in [-0.05, 0) is 29.8 Å². The number of aromatic hydroxyl groups is 1. The molecule has 0 aliphatic rings. The highest BCUT2D eigenvalue weighted by Crippen LogP contribution is 2.32. The molecule has 0 bridgehead atoms. The Kier molecular flexibility index (Phi) is 3.47. The quantitative estimate of drug-likeness (QED) is 0.752. The highest BCUT2D eigenvalue weighted by atomic mass is 16.5.